The van der Waals surface area contributed by atoms with E-state index in [9.17, 15) is 22.2 Å². The normalized spacial score (nSPS) is 17.5. The first-order chi connectivity index (χ1) is 16.0. The topological polar surface area (TPSA) is 76.9 Å². The Morgan fingerprint density at radius 2 is 1.94 bits per heavy atom. The molecular formula is C24H25F3N4O2S. The Labute approximate surface area is 197 Å². The Bertz CT molecular complexity index is 1400. The van der Waals surface area contributed by atoms with E-state index in [2.05, 4.69) is 15.3 Å². The Kier molecular flexibility index (Phi) is 6.37. The number of alkyl halides is 3. The summed E-state index contributed by atoms with van der Waals surface area (Å²) in [5.41, 5.74) is 1.50. The van der Waals surface area contributed by atoms with Crippen molar-refractivity contribution in [2.45, 2.75) is 39.4 Å². The van der Waals surface area contributed by atoms with Crippen molar-refractivity contribution in [3.8, 4) is 0 Å². The Balaban J connectivity index is 1.82. The Morgan fingerprint density at radius 3 is 2.59 bits per heavy atom. The molecule has 6 nitrogen and oxygen atoms in total. The van der Waals surface area contributed by atoms with Gasteiger partial charge in [-0.1, -0.05) is 18.2 Å². The van der Waals surface area contributed by atoms with Gasteiger partial charge in [-0.25, -0.2) is 9.97 Å². The number of nitrogens with one attached hydrogen (secondary N) is 1. The summed E-state index contributed by atoms with van der Waals surface area (Å²) < 4.78 is 53.5. The average molecular weight is 491 g/mol. The third kappa shape index (κ3) is 4.51. The number of anilines is 1. The van der Waals surface area contributed by atoms with Crippen LogP contribution in [0.5, 0.6) is 0 Å². The van der Waals surface area contributed by atoms with E-state index in [0.717, 1.165) is 11.6 Å². The number of halogens is 3. The maximum atomic E-state index is 13.4. The van der Waals surface area contributed by atoms with Gasteiger partial charge in [-0.2, -0.15) is 13.2 Å². The first-order valence-electron chi connectivity index (χ1n) is 10.8. The minimum Gasteiger partial charge on any atom is -0.363 e. The molecule has 1 N–H and O–H groups in total. The number of rotatable bonds is 4. The van der Waals surface area contributed by atoms with Crippen LogP contribution < -0.4 is 10.9 Å². The van der Waals surface area contributed by atoms with Gasteiger partial charge >= 0.3 is 6.18 Å². The average Bonchev–Trinajstić information content (AvgIpc) is 2.76. The summed E-state index contributed by atoms with van der Waals surface area (Å²) in [6, 6.07) is 5.42. The molecule has 10 heteroatoms. The molecule has 2 aromatic heterocycles. The van der Waals surface area contributed by atoms with Crippen LogP contribution in [-0.2, 0) is 24.0 Å². The molecule has 34 heavy (non-hydrogen) atoms. The molecule has 3 heterocycles. The minimum atomic E-state index is -4.45. The highest BCUT2D eigenvalue weighted by Gasteiger charge is 2.33. The van der Waals surface area contributed by atoms with Crippen molar-refractivity contribution in [3.05, 3.63) is 68.9 Å². The molecule has 0 saturated carbocycles. The number of nitrogens with zero attached hydrogens (tertiary/aromatic N) is 3. The van der Waals surface area contributed by atoms with E-state index < -0.39 is 28.6 Å². The van der Waals surface area contributed by atoms with Crippen molar-refractivity contribution in [3.63, 3.8) is 0 Å². The van der Waals surface area contributed by atoms with Crippen molar-refractivity contribution in [2.75, 3.05) is 16.8 Å². The van der Waals surface area contributed by atoms with Crippen molar-refractivity contribution in [1.82, 2.24) is 14.5 Å². The third-order valence-electron chi connectivity index (χ3n) is 6.15. The van der Waals surface area contributed by atoms with Crippen molar-refractivity contribution >= 4 is 33.1 Å². The van der Waals surface area contributed by atoms with Crippen LogP contribution in [-0.4, -0.2) is 30.2 Å². The van der Waals surface area contributed by atoms with Crippen LogP contribution in [0.25, 0.3) is 16.5 Å². The highest BCUT2D eigenvalue weighted by atomic mass is 32.2. The molecule has 0 spiro atoms. The number of hydrogen-bond acceptors (Lipinski definition) is 5. The highest BCUT2D eigenvalue weighted by molar-refractivity contribution is 7.85. The van der Waals surface area contributed by atoms with Crippen molar-refractivity contribution in [2.24, 2.45) is 7.05 Å². The van der Waals surface area contributed by atoms with Gasteiger partial charge in [-0.3, -0.25) is 9.00 Å². The van der Waals surface area contributed by atoms with Gasteiger partial charge in [0.2, 0.25) is 0 Å². The molecule has 2 atom stereocenters. The fourth-order valence-corrected chi connectivity index (χ4v) is 5.35. The van der Waals surface area contributed by atoms with Gasteiger partial charge in [-0.05, 0) is 56.0 Å². The van der Waals surface area contributed by atoms with E-state index in [1.165, 1.54) is 17.6 Å². The largest absolute Gasteiger partial charge is 0.416 e. The van der Waals surface area contributed by atoms with Crippen LogP contribution in [0.15, 0.2) is 35.1 Å². The molecule has 0 radical (unpaired) electrons. The van der Waals surface area contributed by atoms with Gasteiger partial charge in [-0.15, -0.1) is 0 Å². The van der Waals surface area contributed by atoms with Gasteiger partial charge in [0.25, 0.3) is 5.56 Å². The summed E-state index contributed by atoms with van der Waals surface area (Å²) in [5, 5.41) is 3.70. The third-order valence-corrected chi connectivity index (χ3v) is 7.35. The first-order valence-corrected chi connectivity index (χ1v) is 12.3. The summed E-state index contributed by atoms with van der Waals surface area (Å²) in [6.07, 6.45) is -1.98. The predicted octanol–water partition coefficient (Wildman–Crippen LogP) is 4.67. The monoisotopic (exact) mass is 490 g/mol. The number of aryl methyl sites for hydroxylation is 1. The first kappa shape index (κ1) is 24.1. The molecule has 0 amide bonds. The summed E-state index contributed by atoms with van der Waals surface area (Å²) in [5.74, 6) is 1.72. The molecule has 1 aliphatic heterocycles. The Morgan fingerprint density at radius 1 is 1.21 bits per heavy atom. The zero-order chi connectivity index (χ0) is 24.8. The molecule has 1 aliphatic rings. The number of aromatic nitrogens is 3. The summed E-state index contributed by atoms with van der Waals surface area (Å²) in [4.78, 5) is 22.0. The molecule has 0 saturated heterocycles. The van der Waals surface area contributed by atoms with E-state index in [1.807, 2.05) is 12.1 Å². The van der Waals surface area contributed by atoms with Crippen LogP contribution >= 0.6 is 0 Å². The molecule has 0 fully saturated rings. The van der Waals surface area contributed by atoms with Crippen LogP contribution in [0.2, 0.25) is 0 Å². The molecule has 0 aliphatic carbocycles. The van der Waals surface area contributed by atoms with Gasteiger partial charge in [0.05, 0.1) is 17.0 Å². The minimum absolute atomic E-state index is 0.141. The number of fused-ring (bicyclic) bond motifs is 1. The second-order valence-corrected chi connectivity index (χ2v) is 10.1. The lowest BCUT2D eigenvalue weighted by Crippen LogP contribution is -2.23. The van der Waals surface area contributed by atoms with Crippen LogP contribution in [0.3, 0.4) is 0 Å². The van der Waals surface area contributed by atoms with Gasteiger partial charge in [0.15, 0.2) is 0 Å². The van der Waals surface area contributed by atoms with Crippen LogP contribution in [0, 0.1) is 13.8 Å². The zero-order valence-corrected chi connectivity index (χ0v) is 20.1. The molecule has 180 valence electrons. The number of benzene rings is 1. The standard InChI is InChI=1S/C24H25F3N4O2S/c1-13-17(6-5-7-19(13)24(25,26)27)14(2)28-22-18-12-20(16-8-10-34(33)11-9-16)31(4)23(32)21(18)29-15(3)30-22/h5-8,12,14H,9-11H2,1-4H3,(H,28,29,30)/t14-,34?/m1/s1. The second kappa shape index (κ2) is 8.98. The van der Waals surface area contributed by atoms with E-state index >= 15 is 0 Å². The number of allylic oxidation sites excluding steroid dienone is 1. The number of hydrogen-bond donors (Lipinski definition) is 1. The lowest BCUT2D eigenvalue weighted by atomic mass is 9.97. The summed E-state index contributed by atoms with van der Waals surface area (Å²) >= 11 is 0. The molecule has 1 unspecified atom stereocenters. The molecule has 3 aromatic rings. The fourth-order valence-electron chi connectivity index (χ4n) is 4.35. The van der Waals surface area contributed by atoms with E-state index in [1.54, 1.807) is 27.0 Å². The van der Waals surface area contributed by atoms with E-state index in [4.69, 9.17) is 0 Å². The molecule has 1 aromatic carbocycles. The summed E-state index contributed by atoms with van der Waals surface area (Å²) in [6.45, 7) is 4.87. The SMILES string of the molecule is Cc1nc(N[C@H](C)c2cccc(C(F)(F)F)c2C)c2cc(C3=CCS(=O)CC3)n(C)c(=O)c2n1. The smallest absolute Gasteiger partial charge is 0.363 e. The Hall–Kier alpha value is -3.01. The second-order valence-electron chi connectivity index (χ2n) is 8.45. The van der Waals surface area contributed by atoms with E-state index in [-0.39, 0.29) is 16.6 Å². The lowest BCUT2D eigenvalue weighted by molar-refractivity contribution is -0.138. The molecule has 0 bridgehead atoms. The maximum absolute atomic E-state index is 13.4. The molecule has 4 rings (SSSR count). The molecular weight excluding hydrogens is 465 g/mol. The van der Waals surface area contributed by atoms with Crippen molar-refractivity contribution in [1.29, 1.82) is 0 Å². The van der Waals surface area contributed by atoms with E-state index in [0.29, 0.717) is 46.2 Å². The quantitative estimate of drug-likeness (QED) is 0.575. The zero-order valence-electron chi connectivity index (χ0n) is 19.3. The van der Waals surface area contributed by atoms with Crippen LogP contribution in [0.4, 0.5) is 19.0 Å². The van der Waals surface area contributed by atoms with Gasteiger partial charge < -0.3 is 9.88 Å². The predicted molar refractivity (Wildman–Crippen MR) is 128 cm³/mol. The maximum Gasteiger partial charge on any atom is 0.416 e. The fraction of sp³-hybridized carbons (Fsp3) is 0.375. The van der Waals surface area contributed by atoms with Gasteiger partial charge in [0, 0.05) is 35.0 Å². The van der Waals surface area contributed by atoms with Crippen molar-refractivity contribution < 1.29 is 17.4 Å². The van der Waals surface area contributed by atoms with Gasteiger partial charge in [0.1, 0.15) is 17.2 Å². The highest BCUT2D eigenvalue weighted by Crippen LogP contribution is 2.35. The number of pyridine rings is 1. The van der Waals surface area contributed by atoms with Crippen LogP contribution in [0.1, 0.15) is 47.6 Å². The lowest BCUT2D eigenvalue weighted by Gasteiger charge is -2.22. The summed E-state index contributed by atoms with van der Waals surface area (Å²) in [7, 11) is 0.767.